The summed E-state index contributed by atoms with van der Waals surface area (Å²) in [5, 5.41) is 6.41. The van der Waals surface area contributed by atoms with Gasteiger partial charge in [0, 0.05) is 40.4 Å². The second-order valence-corrected chi connectivity index (χ2v) is 11.6. The molecule has 14 heteroatoms. The lowest BCUT2D eigenvalue weighted by Crippen LogP contribution is -2.41. The molecule has 0 radical (unpaired) electrons. The molecular weight excluding hydrogens is 595 g/mol. The molecule has 0 unspecified atom stereocenters. The second-order valence-electron chi connectivity index (χ2n) is 9.46. The van der Waals surface area contributed by atoms with Crippen LogP contribution < -0.4 is 15.2 Å². The number of carbonyl (C=O) groups excluding carboxylic acids is 2. The lowest BCUT2D eigenvalue weighted by molar-refractivity contribution is -0.667. The van der Waals surface area contributed by atoms with Crippen molar-refractivity contribution in [1.29, 1.82) is 0 Å². The SMILES string of the molecule is C#CC[n+]1c2c(cc3cc(NC(=O)c4cccc(NC(=O)SOC(C)C)c4)ccc31)CCCC2.O=S(=O)([O-])C(F)(F)F. The highest BCUT2D eigenvalue weighted by Gasteiger charge is 2.37. The van der Waals surface area contributed by atoms with E-state index in [1.54, 1.807) is 24.3 Å². The van der Waals surface area contributed by atoms with Crippen LogP contribution in [0, 0.1) is 12.3 Å². The number of nitrogens with one attached hydrogen (secondary N) is 2. The summed E-state index contributed by atoms with van der Waals surface area (Å²) >= 11 is 0.747. The Bertz CT molecular complexity index is 1620. The first kappa shape index (κ1) is 32.9. The Morgan fingerprint density at radius 1 is 1.10 bits per heavy atom. The van der Waals surface area contributed by atoms with E-state index in [4.69, 9.17) is 23.6 Å². The largest absolute Gasteiger partial charge is 0.741 e. The molecule has 1 heterocycles. The first-order valence-corrected chi connectivity index (χ1v) is 14.8. The highest BCUT2D eigenvalue weighted by Crippen LogP contribution is 2.26. The lowest BCUT2D eigenvalue weighted by atomic mass is 9.94. The summed E-state index contributed by atoms with van der Waals surface area (Å²) in [6.07, 6.45) is 10.0. The van der Waals surface area contributed by atoms with Crippen LogP contribution in [0.25, 0.3) is 10.9 Å². The predicted octanol–water partition coefficient (Wildman–Crippen LogP) is 5.55. The van der Waals surface area contributed by atoms with Gasteiger partial charge in [-0.15, -0.1) is 6.42 Å². The Labute approximate surface area is 245 Å². The molecule has 224 valence electrons. The smallest absolute Gasteiger partial charge is 0.485 e. The molecule has 9 nitrogen and oxygen atoms in total. The fourth-order valence-corrected chi connectivity index (χ4v) is 4.63. The summed E-state index contributed by atoms with van der Waals surface area (Å²) in [6, 6.07) is 14.9. The summed E-state index contributed by atoms with van der Waals surface area (Å²) in [7, 11) is -6.09. The number of alkyl halides is 3. The van der Waals surface area contributed by atoms with Crippen LogP contribution in [0.4, 0.5) is 29.3 Å². The first-order valence-electron chi connectivity index (χ1n) is 12.7. The molecule has 1 aromatic heterocycles. The van der Waals surface area contributed by atoms with E-state index in [0.29, 0.717) is 23.5 Å². The maximum atomic E-state index is 12.9. The van der Waals surface area contributed by atoms with Crippen molar-refractivity contribution in [1.82, 2.24) is 0 Å². The van der Waals surface area contributed by atoms with Gasteiger partial charge in [-0.3, -0.25) is 9.59 Å². The first-order chi connectivity index (χ1) is 19.7. The van der Waals surface area contributed by atoms with E-state index in [0.717, 1.165) is 35.8 Å². The molecule has 2 N–H and O–H groups in total. The number of fused-ring (bicyclic) bond motifs is 2. The number of rotatable bonds is 6. The summed E-state index contributed by atoms with van der Waals surface area (Å²) in [4.78, 5) is 24.9. The zero-order chi connectivity index (χ0) is 31.1. The van der Waals surface area contributed by atoms with Gasteiger partial charge in [0.15, 0.2) is 15.8 Å². The van der Waals surface area contributed by atoms with E-state index < -0.39 is 15.6 Å². The minimum Gasteiger partial charge on any atom is -0.741 e. The number of nitrogens with zero attached hydrogens (tertiary/aromatic N) is 1. The van der Waals surface area contributed by atoms with Gasteiger partial charge in [0.2, 0.25) is 12.1 Å². The van der Waals surface area contributed by atoms with Gasteiger partial charge in [-0.05, 0) is 75.4 Å². The van der Waals surface area contributed by atoms with E-state index in [1.165, 1.54) is 24.1 Å². The Morgan fingerprint density at radius 2 is 1.76 bits per heavy atom. The monoisotopic (exact) mass is 623 g/mol. The zero-order valence-corrected chi connectivity index (χ0v) is 24.3. The quantitative estimate of drug-likeness (QED) is 0.121. The number of amides is 2. The summed E-state index contributed by atoms with van der Waals surface area (Å²) in [5.74, 6) is 2.53. The molecule has 0 saturated carbocycles. The molecular formula is C28H28F3N3O6S2. The summed E-state index contributed by atoms with van der Waals surface area (Å²) < 4.78 is 66.4. The van der Waals surface area contributed by atoms with Gasteiger partial charge >= 0.3 is 10.7 Å². The molecule has 3 aromatic rings. The van der Waals surface area contributed by atoms with E-state index in [2.05, 4.69) is 27.2 Å². The number of hydrogen-bond acceptors (Lipinski definition) is 7. The highest BCUT2D eigenvalue weighted by atomic mass is 32.2. The minimum absolute atomic E-state index is 0.0682. The molecule has 1 aliphatic rings. The Hall–Kier alpha value is -3.64. The van der Waals surface area contributed by atoms with Crippen LogP contribution in [0.2, 0.25) is 0 Å². The van der Waals surface area contributed by atoms with Crippen LogP contribution in [0.15, 0.2) is 48.5 Å². The van der Waals surface area contributed by atoms with Gasteiger partial charge in [0.25, 0.3) is 5.91 Å². The van der Waals surface area contributed by atoms with E-state index in [9.17, 15) is 22.8 Å². The minimum atomic E-state index is -6.09. The van der Waals surface area contributed by atoms with E-state index in [1.807, 2.05) is 32.0 Å². The summed E-state index contributed by atoms with van der Waals surface area (Å²) in [5.41, 5.74) is -0.242. The van der Waals surface area contributed by atoms with Crippen LogP contribution in [0.3, 0.4) is 0 Å². The maximum absolute atomic E-state index is 12.9. The van der Waals surface area contributed by atoms with E-state index >= 15 is 0 Å². The van der Waals surface area contributed by atoms with Crippen molar-refractivity contribution in [3.8, 4) is 12.3 Å². The van der Waals surface area contributed by atoms with Gasteiger partial charge in [-0.1, -0.05) is 6.07 Å². The molecule has 4 rings (SSSR count). The highest BCUT2D eigenvalue weighted by molar-refractivity contribution is 8.09. The third-order valence-electron chi connectivity index (χ3n) is 5.93. The van der Waals surface area contributed by atoms with Crippen LogP contribution in [0.5, 0.6) is 0 Å². The van der Waals surface area contributed by atoms with Gasteiger partial charge < -0.3 is 19.4 Å². The topological polar surface area (TPSA) is 129 Å². The Morgan fingerprint density at radius 3 is 2.40 bits per heavy atom. The number of benzene rings is 2. The average Bonchev–Trinajstić information content (AvgIpc) is 2.91. The third kappa shape index (κ3) is 8.93. The van der Waals surface area contributed by atoms with Crippen molar-refractivity contribution < 1.29 is 44.5 Å². The zero-order valence-electron chi connectivity index (χ0n) is 22.7. The number of halogens is 3. The number of anilines is 2. The molecule has 0 saturated heterocycles. The normalized spacial score (nSPS) is 13.0. The standard InChI is InChI=1S/C27H27N3O3S.CHF3O3S/c1-4-14-30-24-11-6-5-8-19(24)15-21-17-23(12-13-25(21)30)28-26(31)20-9-7-10-22(16-20)29-27(32)34-33-18(2)3;2-1(3,4)8(5,6)7/h1,7,9-10,12-13,15-18H,5-6,8,11,14H2,2-3H3,(H-,28,29,31,32);(H,5,6,7). The van der Waals surface area contributed by atoms with Crippen molar-refractivity contribution in [2.75, 3.05) is 10.6 Å². The van der Waals surface area contributed by atoms with E-state index in [-0.39, 0.29) is 17.3 Å². The lowest BCUT2D eigenvalue weighted by Gasteiger charge is -2.16. The molecule has 0 aliphatic heterocycles. The number of aromatic nitrogens is 1. The Balaban J connectivity index is 0.000000531. The molecule has 2 aromatic carbocycles. The fourth-order valence-electron chi connectivity index (χ4n) is 4.20. The van der Waals surface area contributed by atoms with Crippen LogP contribution in [-0.2, 0) is 33.7 Å². The van der Waals surface area contributed by atoms with Crippen LogP contribution in [-0.4, -0.2) is 35.7 Å². The third-order valence-corrected chi connectivity index (χ3v) is 7.23. The molecule has 42 heavy (non-hydrogen) atoms. The van der Waals surface area contributed by atoms with Crippen LogP contribution >= 0.6 is 12.0 Å². The maximum Gasteiger partial charge on any atom is 0.485 e. The van der Waals surface area contributed by atoms with Gasteiger partial charge in [-0.2, -0.15) is 17.7 Å². The van der Waals surface area contributed by atoms with Crippen molar-refractivity contribution in [3.63, 3.8) is 0 Å². The van der Waals surface area contributed by atoms with Gasteiger partial charge in [0.05, 0.1) is 18.1 Å². The second kappa shape index (κ2) is 14.0. The van der Waals surface area contributed by atoms with Gasteiger partial charge in [0.1, 0.15) is 0 Å². The molecule has 2 amide bonds. The summed E-state index contributed by atoms with van der Waals surface area (Å²) in [6.45, 7) is 4.23. The molecule has 1 aliphatic carbocycles. The number of hydrogen-bond donors (Lipinski definition) is 2. The van der Waals surface area contributed by atoms with Crippen molar-refractivity contribution >= 4 is 55.6 Å². The molecule has 0 spiro atoms. The molecule has 0 fully saturated rings. The average molecular weight is 624 g/mol. The number of aryl methyl sites for hydroxylation is 1. The van der Waals surface area contributed by atoms with Gasteiger partial charge in [-0.25, -0.2) is 8.42 Å². The Kier molecular flexibility index (Phi) is 11.0. The molecule has 0 atom stereocenters. The van der Waals surface area contributed by atoms with Crippen molar-refractivity contribution in [2.24, 2.45) is 0 Å². The van der Waals surface area contributed by atoms with Crippen LogP contribution in [0.1, 0.15) is 48.3 Å². The predicted molar refractivity (Wildman–Crippen MR) is 153 cm³/mol. The van der Waals surface area contributed by atoms with Crippen molar-refractivity contribution in [2.45, 2.75) is 57.7 Å². The van der Waals surface area contributed by atoms with Crippen molar-refractivity contribution in [3.05, 3.63) is 65.4 Å². The number of carbonyl (C=O) groups is 2. The number of pyridine rings is 1. The number of terminal acetylenes is 1. The molecule has 0 bridgehead atoms. The fraction of sp³-hybridized carbons (Fsp3) is 0.321.